The van der Waals surface area contributed by atoms with Crippen LogP contribution in [0.15, 0.2) is 0 Å². The van der Waals surface area contributed by atoms with Crippen LogP contribution < -0.4 is 0 Å². The van der Waals surface area contributed by atoms with Gasteiger partial charge < -0.3 is 9.05 Å². The monoisotopic (exact) mass is 270 g/mol. The zero-order chi connectivity index (χ0) is 11.3. The van der Waals surface area contributed by atoms with Gasteiger partial charge in [-0.1, -0.05) is 9.39 Å². The third kappa shape index (κ3) is 4.56. The Balaban J connectivity index is 2.48. The molecule has 1 fully saturated rings. The van der Waals surface area contributed by atoms with Crippen LogP contribution in [0.25, 0.3) is 0 Å². The Bertz CT molecular complexity index is 220. The van der Waals surface area contributed by atoms with Crippen molar-refractivity contribution in [2.75, 3.05) is 32.8 Å². The summed E-state index contributed by atoms with van der Waals surface area (Å²) < 4.78 is 11.8. The molecule has 0 aromatic carbocycles. The molecule has 1 rings (SSSR count). The molecule has 8 heteroatoms. The van der Waals surface area contributed by atoms with Gasteiger partial charge in [-0.3, -0.25) is 14.4 Å². The molecule has 0 aliphatic carbocycles. The van der Waals surface area contributed by atoms with E-state index in [1.807, 2.05) is 9.47 Å². The number of piperazine rings is 1. The Morgan fingerprint density at radius 3 is 2.73 bits per heavy atom. The minimum atomic E-state index is -0.231. The SMILES string of the molecule is O=C(CN1CCN(P)CC1COP)OP. The van der Waals surface area contributed by atoms with Gasteiger partial charge in [-0.2, -0.15) is 0 Å². The summed E-state index contributed by atoms with van der Waals surface area (Å²) in [5, 5.41) is 0. The third-order valence-corrected chi connectivity index (χ3v) is 3.31. The molecule has 0 bridgehead atoms. The number of hydrogen-bond acceptors (Lipinski definition) is 5. The molecular weight excluding hydrogens is 253 g/mol. The summed E-state index contributed by atoms with van der Waals surface area (Å²) in [7, 11) is 6.89. The zero-order valence-corrected chi connectivity index (χ0v) is 11.9. The van der Waals surface area contributed by atoms with Gasteiger partial charge in [0.2, 0.25) is 0 Å². The van der Waals surface area contributed by atoms with Crippen molar-refractivity contribution < 1.29 is 13.8 Å². The Hall–Kier alpha value is 0.640. The van der Waals surface area contributed by atoms with E-state index in [-0.39, 0.29) is 12.0 Å². The van der Waals surface area contributed by atoms with Crippen molar-refractivity contribution in [3.05, 3.63) is 0 Å². The summed E-state index contributed by atoms with van der Waals surface area (Å²) in [6, 6.07) is 0.234. The quantitative estimate of drug-likeness (QED) is 0.667. The molecule has 1 heterocycles. The summed E-state index contributed by atoms with van der Waals surface area (Å²) >= 11 is 0. The summed E-state index contributed by atoms with van der Waals surface area (Å²) in [6.45, 7) is 3.58. The van der Waals surface area contributed by atoms with Crippen molar-refractivity contribution in [3.8, 4) is 0 Å². The van der Waals surface area contributed by atoms with Gasteiger partial charge in [0.15, 0.2) is 0 Å². The van der Waals surface area contributed by atoms with E-state index in [0.29, 0.717) is 13.2 Å². The topological polar surface area (TPSA) is 42.0 Å². The summed E-state index contributed by atoms with van der Waals surface area (Å²) in [5.74, 6) is -0.231. The summed E-state index contributed by atoms with van der Waals surface area (Å²) in [6.07, 6.45) is 0. The molecule has 0 aromatic heterocycles. The molecule has 15 heavy (non-hydrogen) atoms. The molecule has 4 unspecified atom stereocenters. The van der Waals surface area contributed by atoms with E-state index in [1.165, 1.54) is 0 Å². The van der Waals surface area contributed by atoms with E-state index in [4.69, 9.17) is 4.52 Å². The fourth-order valence-corrected chi connectivity index (χ4v) is 2.25. The van der Waals surface area contributed by atoms with Crippen molar-refractivity contribution in [1.82, 2.24) is 9.57 Å². The normalized spacial score (nSPS) is 24.1. The second kappa shape index (κ2) is 7.06. The van der Waals surface area contributed by atoms with Crippen LogP contribution in [0.1, 0.15) is 0 Å². The van der Waals surface area contributed by atoms with Crippen LogP contribution in [0.4, 0.5) is 0 Å². The molecule has 5 nitrogen and oxygen atoms in total. The Morgan fingerprint density at radius 1 is 1.40 bits per heavy atom. The van der Waals surface area contributed by atoms with Gasteiger partial charge in [0.05, 0.1) is 22.6 Å². The van der Waals surface area contributed by atoms with Crippen molar-refractivity contribution in [2.24, 2.45) is 0 Å². The Morgan fingerprint density at radius 2 is 2.13 bits per heavy atom. The number of nitrogens with zero attached hydrogens (tertiary/aromatic N) is 2. The molecule has 0 radical (unpaired) electrons. The molecule has 0 N–H and O–H groups in total. The molecule has 88 valence electrons. The maximum atomic E-state index is 11.2. The van der Waals surface area contributed by atoms with Gasteiger partial charge in [0.25, 0.3) is 0 Å². The molecular formula is C7H17N2O3P3. The number of hydrogen-bond donors (Lipinski definition) is 0. The number of carbonyl (C=O) groups excluding carboxylic acids is 1. The van der Waals surface area contributed by atoms with E-state index < -0.39 is 0 Å². The van der Waals surface area contributed by atoms with Gasteiger partial charge in [-0.25, -0.2) is 0 Å². The first-order valence-electron chi connectivity index (χ1n) is 4.62. The smallest absolute Gasteiger partial charge is 0.322 e. The van der Waals surface area contributed by atoms with E-state index >= 15 is 0 Å². The highest BCUT2D eigenvalue weighted by Crippen LogP contribution is 2.14. The average molecular weight is 270 g/mol. The maximum absolute atomic E-state index is 11.2. The molecule has 1 aliphatic rings. The lowest BCUT2D eigenvalue weighted by atomic mass is 10.2. The average Bonchev–Trinajstić information content (AvgIpc) is 2.22. The van der Waals surface area contributed by atoms with E-state index in [2.05, 4.69) is 33.0 Å². The molecule has 0 aromatic rings. The summed E-state index contributed by atoms with van der Waals surface area (Å²) in [4.78, 5) is 13.2. The molecule has 1 aliphatic heterocycles. The van der Waals surface area contributed by atoms with E-state index in [9.17, 15) is 4.79 Å². The van der Waals surface area contributed by atoms with E-state index in [0.717, 1.165) is 19.6 Å². The van der Waals surface area contributed by atoms with Crippen LogP contribution in [0, 0.1) is 0 Å². The van der Waals surface area contributed by atoms with Crippen molar-refractivity contribution in [2.45, 2.75) is 6.04 Å². The molecule has 4 atom stereocenters. The van der Waals surface area contributed by atoms with Gasteiger partial charge >= 0.3 is 5.97 Å². The van der Waals surface area contributed by atoms with Crippen LogP contribution in [-0.2, 0) is 13.8 Å². The molecule has 1 saturated heterocycles. The third-order valence-electron chi connectivity index (χ3n) is 2.39. The van der Waals surface area contributed by atoms with Crippen LogP contribution in [0.2, 0.25) is 0 Å². The highest BCUT2D eigenvalue weighted by molar-refractivity contribution is 7.13. The first-order chi connectivity index (χ1) is 7.17. The predicted molar refractivity (Wildman–Crippen MR) is 68.1 cm³/mol. The van der Waals surface area contributed by atoms with Crippen molar-refractivity contribution in [3.63, 3.8) is 0 Å². The van der Waals surface area contributed by atoms with Crippen LogP contribution in [0.3, 0.4) is 0 Å². The second-order valence-electron chi connectivity index (χ2n) is 3.44. The molecule has 0 amide bonds. The maximum Gasteiger partial charge on any atom is 0.322 e. The van der Waals surface area contributed by atoms with Gasteiger partial charge in [0.1, 0.15) is 0 Å². The lowest BCUT2D eigenvalue weighted by Crippen LogP contribution is -2.53. The fourth-order valence-electron chi connectivity index (χ4n) is 1.60. The van der Waals surface area contributed by atoms with Gasteiger partial charge in [-0.05, 0) is 0 Å². The highest BCUT2D eigenvalue weighted by atomic mass is 31.0. The van der Waals surface area contributed by atoms with Crippen LogP contribution in [-0.4, -0.2) is 54.4 Å². The van der Waals surface area contributed by atoms with Crippen LogP contribution >= 0.6 is 28.3 Å². The van der Waals surface area contributed by atoms with Crippen LogP contribution in [0.5, 0.6) is 0 Å². The Kier molecular flexibility index (Phi) is 6.45. The highest BCUT2D eigenvalue weighted by Gasteiger charge is 2.26. The number of rotatable bonds is 4. The summed E-state index contributed by atoms with van der Waals surface area (Å²) in [5.41, 5.74) is 0. The lowest BCUT2D eigenvalue weighted by molar-refractivity contribution is -0.135. The van der Waals surface area contributed by atoms with E-state index in [1.54, 1.807) is 0 Å². The minimum Gasteiger partial charge on any atom is -0.451 e. The predicted octanol–water partition coefficient (Wildman–Crippen LogP) is -0.0973. The molecule has 0 spiro atoms. The first kappa shape index (κ1) is 13.7. The zero-order valence-electron chi connectivity index (χ0n) is 8.46. The number of carbonyl (C=O) groups is 1. The van der Waals surface area contributed by atoms with Crippen molar-refractivity contribution in [1.29, 1.82) is 0 Å². The second-order valence-corrected chi connectivity index (χ2v) is 4.74. The minimum absolute atomic E-state index is 0.231. The lowest BCUT2D eigenvalue weighted by Gasteiger charge is -2.38. The Labute approximate surface area is 97.1 Å². The molecule has 0 saturated carbocycles. The standard InChI is InChI=1S/C7H17N2O3P3/c10-7(12-15)4-8-1-2-9(13)3-6(8)5-11-14/h6H,1-5,13-15H2. The fraction of sp³-hybridized carbons (Fsp3) is 0.857. The van der Waals surface area contributed by atoms with Gasteiger partial charge in [-0.15, -0.1) is 0 Å². The largest absolute Gasteiger partial charge is 0.451 e. The first-order valence-corrected chi connectivity index (χ1v) is 6.08. The van der Waals surface area contributed by atoms with Crippen molar-refractivity contribution >= 4 is 34.3 Å². The van der Waals surface area contributed by atoms with Gasteiger partial charge in [0, 0.05) is 35.1 Å².